The lowest BCUT2D eigenvalue weighted by atomic mass is 9.88. The van der Waals surface area contributed by atoms with Gasteiger partial charge in [-0.1, -0.05) is 37.3 Å². The van der Waals surface area contributed by atoms with Gasteiger partial charge in [-0.2, -0.15) is 0 Å². The third kappa shape index (κ3) is 3.01. The van der Waals surface area contributed by atoms with Gasteiger partial charge >= 0.3 is 0 Å². The van der Waals surface area contributed by atoms with E-state index in [-0.39, 0.29) is 5.91 Å². The number of hydrogen-bond acceptors (Lipinski definition) is 4. The first-order chi connectivity index (χ1) is 11.7. The lowest BCUT2D eigenvalue weighted by Gasteiger charge is -2.18. The van der Waals surface area contributed by atoms with Crippen LogP contribution in [0.5, 0.6) is 0 Å². The Kier molecular flexibility index (Phi) is 4.21. The van der Waals surface area contributed by atoms with Crippen LogP contribution in [0.2, 0.25) is 0 Å². The number of thiophene rings is 1. The average molecular weight is 355 g/mol. The molecule has 2 aromatic heterocycles. The van der Waals surface area contributed by atoms with Crippen molar-refractivity contribution in [1.29, 1.82) is 0 Å². The van der Waals surface area contributed by atoms with Gasteiger partial charge in [-0.05, 0) is 30.7 Å². The maximum atomic E-state index is 12.6. The number of hydrogen-bond donors (Lipinski definition) is 1. The molecule has 0 saturated carbocycles. The second-order valence-corrected chi connectivity index (χ2v) is 8.08. The molecule has 0 fully saturated rings. The normalized spacial score (nSPS) is 16.6. The van der Waals surface area contributed by atoms with Crippen LogP contribution in [0.25, 0.3) is 11.3 Å². The first-order valence-electron chi connectivity index (χ1n) is 8.12. The highest BCUT2D eigenvalue weighted by molar-refractivity contribution is 7.14. The molecule has 1 amide bonds. The molecule has 1 aliphatic carbocycles. The Hall–Kier alpha value is -1.98. The molecule has 4 rings (SSSR count). The fourth-order valence-electron chi connectivity index (χ4n) is 3.10. The lowest BCUT2D eigenvalue weighted by molar-refractivity contribution is 0.102. The molecule has 0 saturated heterocycles. The molecular weight excluding hydrogens is 336 g/mol. The number of rotatable bonds is 3. The molecule has 1 atom stereocenters. The summed E-state index contributed by atoms with van der Waals surface area (Å²) in [5.41, 5.74) is 4.04. The highest BCUT2D eigenvalue weighted by atomic mass is 32.1. The van der Waals surface area contributed by atoms with Crippen LogP contribution in [0.1, 0.15) is 34.1 Å². The van der Waals surface area contributed by atoms with Crippen LogP contribution in [0.3, 0.4) is 0 Å². The van der Waals surface area contributed by atoms with Crippen LogP contribution in [-0.2, 0) is 12.8 Å². The highest BCUT2D eigenvalue weighted by Gasteiger charge is 2.23. The predicted octanol–water partition coefficient (Wildman–Crippen LogP) is 5.25. The van der Waals surface area contributed by atoms with Gasteiger partial charge in [0.15, 0.2) is 5.13 Å². The minimum atomic E-state index is -0.0315. The third-order valence-electron chi connectivity index (χ3n) is 4.44. The Labute approximate surface area is 149 Å². The van der Waals surface area contributed by atoms with E-state index in [1.807, 2.05) is 41.1 Å². The van der Waals surface area contributed by atoms with Gasteiger partial charge in [0.05, 0.1) is 11.3 Å². The standard InChI is InChI=1S/C19H18N2OS2/c1-12-7-8-14-15(10-23-17(14)9-12)18(22)21-19-20-16(11-24-19)13-5-3-2-4-6-13/h2-6,10-12H,7-9H2,1H3,(H,20,21,22). The first kappa shape index (κ1) is 15.5. The molecular formula is C19H18N2OS2. The van der Waals surface area contributed by atoms with E-state index in [4.69, 9.17) is 0 Å². The number of nitrogens with one attached hydrogen (secondary N) is 1. The van der Waals surface area contributed by atoms with Gasteiger partial charge in [-0.25, -0.2) is 4.98 Å². The largest absolute Gasteiger partial charge is 0.298 e. The number of fused-ring (bicyclic) bond motifs is 1. The highest BCUT2D eigenvalue weighted by Crippen LogP contribution is 2.33. The Morgan fingerprint density at radius 3 is 2.88 bits per heavy atom. The summed E-state index contributed by atoms with van der Waals surface area (Å²) in [5.74, 6) is 0.690. The van der Waals surface area contributed by atoms with Gasteiger partial charge in [0, 0.05) is 21.2 Å². The van der Waals surface area contributed by atoms with Crippen molar-refractivity contribution in [1.82, 2.24) is 4.98 Å². The van der Waals surface area contributed by atoms with E-state index in [9.17, 15) is 4.79 Å². The molecule has 3 aromatic rings. The number of aromatic nitrogens is 1. The number of carbonyl (C=O) groups is 1. The van der Waals surface area contributed by atoms with Crippen molar-refractivity contribution in [3.63, 3.8) is 0 Å². The molecule has 1 unspecified atom stereocenters. The number of benzene rings is 1. The van der Waals surface area contributed by atoms with E-state index in [2.05, 4.69) is 17.2 Å². The van der Waals surface area contributed by atoms with Crippen LogP contribution in [-0.4, -0.2) is 10.9 Å². The molecule has 0 aliphatic heterocycles. The zero-order valence-corrected chi connectivity index (χ0v) is 15.0. The molecule has 122 valence electrons. The first-order valence-corrected chi connectivity index (χ1v) is 9.88. The molecule has 0 radical (unpaired) electrons. The lowest BCUT2D eigenvalue weighted by Crippen LogP contribution is -2.16. The summed E-state index contributed by atoms with van der Waals surface area (Å²) < 4.78 is 0. The fraction of sp³-hybridized carbons (Fsp3) is 0.263. The second kappa shape index (κ2) is 6.49. The number of anilines is 1. The summed E-state index contributed by atoms with van der Waals surface area (Å²) in [6.45, 7) is 2.28. The Bertz CT molecular complexity index is 867. The molecule has 2 heterocycles. The number of nitrogens with zero attached hydrogens (tertiary/aromatic N) is 1. The quantitative estimate of drug-likeness (QED) is 0.698. The van der Waals surface area contributed by atoms with Crippen molar-refractivity contribution < 1.29 is 4.79 Å². The van der Waals surface area contributed by atoms with E-state index < -0.39 is 0 Å². The monoisotopic (exact) mass is 354 g/mol. The maximum Gasteiger partial charge on any atom is 0.258 e. The minimum Gasteiger partial charge on any atom is -0.298 e. The second-order valence-electron chi connectivity index (χ2n) is 6.26. The summed E-state index contributed by atoms with van der Waals surface area (Å²) in [4.78, 5) is 18.6. The molecule has 1 aliphatic rings. The fourth-order valence-corrected chi connectivity index (χ4v) is 5.06. The third-order valence-corrected chi connectivity index (χ3v) is 6.25. The van der Waals surface area contributed by atoms with E-state index >= 15 is 0 Å². The molecule has 0 spiro atoms. The van der Waals surface area contributed by atoms with Crippen molar-refractivity contribution in [3.8, 4) is 11.3 Å². The predicted molar refractivity (Wildman–Crippen MR) is 101 cm³/mol. The summed E-state index contributed by atoms with van der Waals surface area (Å²) in [5, 5.41) is 7.61. The van der Waals surface area contributed by atoms with Crippen LogP contribution >= 0.6 is 22.7 Å². The zero-order chi connectivity index (χ0) is 16.5. The van der Waals surface area contributed by atoms with Crippen LogP contribution < -0.4 is 5.32 Å². The van der Waals surface area contributed by atoms with E-state index in [0.29, 0.717) is 5.13 Å². The molecule has 1 N–H and O–H groups in total. The van der Waals surface area contributed by atoms with Crippen LogP contribution in [0.15, 0.2) is 41.1 Å². The van der Waals surface area contributed by atoms with Gasteiger partial charge in [0.2, 0.25) is 0 Å². The Morgan fingerprint density at radius 1 is 1.21 bits per heavy atom. The van der Waals surface area contributed by atoms with Crippen molar-refractivity contribution in [3.05, 3.63) is 57.1 Å². The Balaban J connectivity index is 1.52. The molecule has 5 heteroatoms. The molecule has 3 nitrogen and oxygen atoms in total. The molecule has 0 bridgehead atoms. The van der Waals surface area contributed by atoms with Gasteiger partial charge < -0.3 is 0 Å². The topological polar surface area (TPSA) is 42.0 Å². The van der Waals surface area contributed by atoms with Gasteiger partial charge in [-0.3, -0.25) is 10.1 Å². The van der Waals surface area contributed by atoms with Gasteiger partial charge in [-0.15, -0.1) is 22.7 Å². The van der Waals surface area contributed by atoms with E-state index in [1.165, 1.54) is 28.2 Å². The smallest absolute Gasteiger partial charge is 0.258 e. The average Bonchev–Trinajstić information content (AvgIpc) is 3.22. The number of thiazole rings is 1. The van der Waals surface area contributed by atoms with Crippen LogP contribution in [0.4, 0.5) is 5.13 Å². The van der Waals surface area contributed by atoms with Crippen molar-refractivity contribution >= 4 is 33.7 Å². The minimum absolute atomic E-state index is 0.0315. The summed E-state index contributed by atoms with van der Waals surface area (Å²) in [6, 6.07) is 10.0. The van der Waals surface area contributed by atoms with Crippen molar-refractivity contribution in [2.75, 3.05) is 5.32 Å². The molecule has 1 aromatic carbocycles. The SMILES string of the molecule is CC1CCc2c(C(=O)Nc3nc(-c4ccccc4)cs3)csc2C1. The number of carbonyl (C=O) groups excluding carboxylic acids is 1. The van der Waals surface area contributed by atoms with Crippen molar-refractivity contribution in [2.45, 2.75) is 26.2 Å². The zero-order valence-electron chi connectivity index (χ0n) is 13.4. The number of amides is 1. The summed E-state index contributed by atoms with van der Waals surface area (Å²) in [7, 11) is 0. The summed E-state index contributed by atoms with van der Waals surface area (Å²) >= 11 is 3.19. The van der Waals surface area contributed by atoms with Gasteiger partial charge in [0.1, 0.15) is 0 Å². The van der Waals surface area contributed by atoms with E-state index in [1.54, 1.807) is 11.3 Å². The van der Waals surface area contributed by atoms with E-state index in [0.717, 1.165) is 35.6 Å². The Morgan fingerprint density at radius 2 is 2.04 bits per heavy atom. The van der Waals surface area contributed by atoms with Crippen molar-refractivity contribution in [2.24, 2.45) is 5.92 Å². The molecule has 24 heavy (non-hydrogen) atoms. The summed E-state index contributed by atoms with van der Waals surface area (Å²) in [6.07, 6.45) is 3.28. The van der Waals surface area contributed by atoms with Crippen LogP contribution in [0, 0.1) is 5.92 Å². The maximum absolute atomic E-state index is 12.6. The van der Waals surface area contributed by atoms with Gasteiger partial charge in [0.25, 0.3) is 5.91 Å².